The molecule has 3 nitrogen and oxygen atoms in total. The van der Waals surface area contributed by atoms with E-state index >= 15 is 0 Å². The summed E-state index contributed by atoms with van der Waals surface area (Å²) in [6.07, 6.45) is 0. The molecule has 1 aromatic heterocycles. The van der Waals surface area contributed by atoms with Gasteiger partial charge >= 0.3 is 5.82 Å². The third kappa shape index (κ3) is 2.61. The van der Waals surface area contributed by atoms with Gasteiger partial charge in [-0.2, -0.15) is 0 Å². The van der Waals surface area contributed by atoms with Gasteiger partial charge in [-0.1, -0.05) is 42.0 Å². The highest BCUT2D eigenvalue weighted by atomic mass is 19.1. The maximum Gasteiger partial charge on any atom is 0.304 e. The molecule has 0 radical (unpaired) electrons. The van der Waals surface area contributed by atoms with Crippen molar-refractivity contribution < 1.29 is 13.2 Å². The van der Waals surface area contributed by atoms with E-state index in [9.17, 15) is 13.2 Å². The molecule has 0 aliphatic rings. The third-order valence-electron chi connectivity index (χ3n) is 3.56. The Morgan fingerprint density at radius 3 is 2.08 bits per heavy atom. The van der Waals surface area contributed by atoms with E-state index in [0.717, 1.165) is 0 Å². The molecule has 3 rings (SSSR count). The molecule has 0 saturated carbocycles. The maximum absolute atomic E-state index is 14.3. The Morgan fingerprint density at radius 1 is 0.875 bits per heavy atom. The van der Waals surface area contributed by atoms with Crippen LogP contribution in [0.3, 0.4) is 0 Å². The normalized spacial score (nSPS) is 10.5. The minimum Gasteiger partial charge on any atom is -0.358 e. The molecule has 0 spiro atoms. The Balaban J connectivity index is 2.45. The number of aromatic nitrogens is 2. The summed E-state index contributed by atoms with van der Waals surface area (Å²) >= 11 is 0. The minimum atomic E-state index is -1.10. The van der Waals surface area contributed by atoms with Crippen LogP contribution in [0.4, 0.5) is 19.0 Å². The Hall–Kier alpha value is -3.20. The average molecular weight is 325 g/mol. The molecule has 1 heterocycles. The van der Waals surface area contributed by atoms with E-state index in [1.165, 1.54) is 0 Å². The van der Waals surface area contributed by atoms with Gasteiger partial charge in [-0.15, -0.1) is 0 Å². The highest BCUT2D eigenvalue weighted by molar-refractivity contribution is 5.91. The summed E-state index contributed by atoms with van der Waals surface area (Å²) in [5.41, 5.74) is 0.915. The molecule has 3 aromatic rings. The maximum atomic E-state index is 14.3. The van der Waals surface area contributed by atoms with Crippen LogP contribution in [-0.2, 0) is 0 Å². The van der Waals surface area contributed by atoms with Crippen molar-refractivity contribution in [2.45, 2.75) is 6.92 Å². The van der Waals surface area contributed by atoms with Gasteiger partial charge in [-0.3, -0.25) is 0 Å². The van der Waals surface area contributed by atoms with Gasteiger partial charge in [-0.05, 0) is 17.6 Å². The molecule has 24 heavy (non-hydrogen) atoms. The predicted octanol–water partition coefficient (Wildman–Crippen LogP) is 5.09. The fourth-order valence-corrected chi connectivity index (χ4v) is 2.57. The zero-order chi connectivity index (χ0) is 17.3. The number of rotatable bonds is 2. The summed E-state index contributed by atoms with van der Waals surface area (Å²) in [5.74, 6) is -3.47. The van der Waals surface area contributed by atoms with Crippen molar-refractivity contribution in [3.05, 3.63) is 77.0 Å². The third-order valence-corrected chi connectivity index (χ3v) is 3.56. The van der Waals surface area contributed by atoms with Crippen molar-refractivity contribution >= 4 is 5.82 Å². The molecule has 0 bridgehead atoms. The Morgan fingerprint density at radius 2 is 1.50 bits per heavy atom. The first kappa shape index (κ1) is 15.7. The molecule has 0 aliphatic heterocycles. The van der Waals surface area contributed by atoms with Crippen molar-refractivity contribution in [1.29, 1.82) is 0 Å². The van der Waals surface area contributed by atoms with Crippen LogP contribution < -0.4 is 0 Å². The summed E-state index contributed by atoms with van der Waals surface area (Å²) in [6, 6.07) is 9.94. The van der Waals surface area contributed by atoms with Gasteiger partial charge in [0.2, 0.25) is 0 Å². The monoisotopic (exact) mass is 325 g/mol. The molecule has 0 atom stereocenters. The predicted molar refractivity (Wildman–Crippen MR) is 83.8 cm³/mol. The van der Waals surface area contributed by atoms with Crippen molar-refractivity contribution in [2.24, 2.45) is 0 Å². The highest BCUT2D eigenvalue weighted by Gasteiger charge is 2.24. The lowest BCUT2D eigenvalue weighted by molar-refractivity contribution is 0.548. The number of hydrogen-bond acceptors (Lipinski definition) is 2. The van der Waals surface area contributed by atoms with Crippen LogP contribution in [0, 0.1) is 30.9 Å². The largest absolute Gasteiger partial charge is 0.358 e. The molecule has 0 amide bonds. The van der Waals surface area contributed by atoms with Crippen molar-refractivity contribution in [1.82, 2.24) is 10.2 Å². The topological polar surface area (TPSA) is 30.1 Å². The number of nitrogens with zero attached hydrogens (tertiary/aromatic N) is 3. The van der Waals surface area contributed by atoms with Crippen LogP contribution in [0.2, 0.25) is 0 Å². The van der Waals surface area contributed by atoms with Gasteiger partial charge in [0.1, 0.15) is 17.5 Å². The lowest BCUT2D eigenvalue weighted by Crippen LogP contribution is -2.00. The summed E-state index contributed by atoms with van der Waals surface area (Å²) in [5, 5.41) is 7.64. The van der Waals surface area contributed by atoms with E-state index in [0.29, 0.717) is 29.0 Å². The molecule has 0 unspecified atom stereocenters. The number of halogens is 3. The van der Waals surface area contributed by atoms with E-state index < -0.39 is 23.0 Å². The first-order valence-electron chi connectivity index (χ1n) is 6.98. The summed E-state index contributed by atoms with van der Waals surface area (Å²) in [7, 11) is 0. The van der Waals surface area contributed by atoms with Gasteiger partial charge < -0.3 is 4.85 Å². The average Bonchev–Trinajstić information content (AvgIpc) is 2.55. The number of benzene rings is 2. The quantitative estimate of drug-likeness (QED) is 0.615. The summed E-state index contributed by atoms with van der Waals surface area (Å²) < 4.78 is 41.9. The first-order chi connectivity index (χ1) is 11.5. The second-order valence-corrected chi connectivity index (χ2v) is 5.08. The number of aryl methyl sites for hydroxylation is 1. The van der Waals surface area contributed by atoms with E-state index in [-0.39, 0.29) is 11.4 Å². The van der Waals surface area contributed by atoms with Crippen LogP contribution in [-0.4, -0.2) is 10.2 Å². The molecular weight excluding hydrogens is 315 g/mol. The first-order valence-corrected chi connectivity index (χ1v) is 6.98. The van der Waals surface area contributed by atoms with Gasteiger partial charge in [0.05, 0.1) is 5.69 Å². The van der Waals surface area contributed by atoms with Crippen molar-refractivity contribution in [2.75, 3.05) is 0 Å². The number of hydrogen-bond donors (Lipinski definition) is 0. The fraction of sp³-hybridized carbons (Fsp3) is 0.0556. The van der Waals surface area contributed by atoms with Gasteiger partial charge in [-0.25, -0.2) is 13.2 Å². The minimum absolute atomic E-state index is 0.0290. The van der Waals surface area contributed by atoms with Crippen molar-refractivity contribution in [3.8, 4) is 22.3 Å². The fourth-order valence-electron chi connectivity index (χ4n) is 2.57. The van der Waals surface area contributed by atoms with Gasteiger partial charge in [0.25, 0.3) is 0 Å². The molecule has 0 saturated heterocycles. The van der Waals surface area contributed by atoms with Crippen LogP contribution in [0.25, 0.3) is 27.1 Å². The SMILES string of the molecule is [C-]#[N+]c1nnc(C)c(-c2ccccc2)c1-c1c(F)cc(F)cc1F. The van der Waals surface area contributed by atoms with Crippen LogP contribution in [0.15, 0.2) is 42.5 Å². The molecule has 0 aliphatic carbocycles. The summed E-state index contributed by atoms with van der Waals surface area (Å²) in [4.78, 5) is 3.23. The lowest BCUT2D eigenvalue weighted by atomic mass is 9.93. The van der Waals surface area contributed by atoms with E-state index in [1.807, 2.05) is 0 Å². The molecule has 6 heteroatoms. The summed E-state index contributed by atoms with van der Waals surface area (Å²) in [6.45, 7) is 8.88. The molecule has 118 valence electrons. The van der Waals surface area contributed by atoms with E-state index in [1.54, 1.807) is 37.3 Å². The second kappa shape index (κ2) is 6.13. The van der Waals surface area contributed by atoms with Gasteiger partial charge in [0, 0.05) is 28.8 Å². The van der Waals surface area contributed by atoms with Crippen LogP contribution >= 0.6 is 0 Å². The lowest BCUT2D eigenvalue weighted by Gasteiger charge is -2.14. The van der Waals surface area contributed by atoms with Crippen LogP contribution in [0.1, 0.15) is 5.69 Å². The zero-order valence-electron chi connectivity index (χ0n) is 12.5. The molecule has 0 N–H and O–H groups in total. The Kier molecular flexibility index (Phi) is 4.00. The molecule has 2 aromatic carbocycles. The second-order valence-electron chi connectivity index (χ2n) is 5.08. The molecule has 0 fully saturated rings. The van der Waals surface area contributed by atoms with Crippen LogP contribution in [0.5, 0.6) is 0 Å². The van der Waals surface area contributed by atoms with Gasteiger partial charge in [0.15, 0.2) is 0 Å². The standard InChI is InChI=1S/C18H10F3N3/c1-10-15(11-6-4-3-5-7-11)17(18(22-2)24-23-10)16-13(20)8-12(19)9-14(16)21/h3-9H,1H3. The Labute approximate surface area is 136 Å². The zero-order valence-corrected chi connectivity index (χ0v) is 12.5. The smallest absolute Gasteiger partial charge is 0.304 e. The van der Waals surface area contributed by atoms with E-state index in [4.69, 9.17) is 6.57 Å². The molecular formula is C18H10F3N3. The highest BCUT2D eigenvalue weighted by Crippen LogP contribution is 2.41. The van der Waals surface area contributed by atoms with E-state index in [2.05, 4.69) is 15.0 Å². The van der Waals surface area contributed by atoms with Crippen molar-refractivity contribution in [3.63, 3.8) is 0 Å². The Bertz CT molecular complexity index is 940.